The van der Waals surface area contributed by atoms with Gasteiger partial charge in [0.05, 0.1) is 5.84 Å². The summed E-state index contributed by atoms with van der Waals surface area (Å²) in [6, 6.07) is 0. The molecule has 0 spiro atoms. The molecular weight excluding hydrogens is 124 g/mol. The van der Waals surface area contributed by atoms with Crippen molar-refractivity contribution in [3.8, 4) is 0 Å². The normalized spacial score (nSPS) is 18.5. The minimum Gasteiger partial charge on any atom is -0.361 e. The first-order chi connectivity index (χ1) is 4.84. The molecule has 10 heavy (non-hydrogen) atoms. The molecule has 1 N–H and O–H groups in total. The first-order valence-electron chi connectivity index (χ1n) is 4.17. The van der Waals surface area contributed by atoms with Gasteiger partial charge in [-0.2, -0.15) is 0 Å². The summed E-state index contributed by atoms with van der Waals surface area (Å²) >= 11 is 0. The topological polar surface area (TPSA) is 27.1 Å². The van der Waals surface area contributed by atoms with Crippen molar-refractivity contribution in [2.75, 3.05) is 13.1 Å². The second-order valence-corrected chi connectivity index (χ2v) is 2.89. The Labute approximate surface area is 62.7 Å². The lowest BCUT2D eigenvalue weighted by molar-refractivity contribution is 0.438. The highest BCUT2D eigenvalue weighted by molar-refractivity contribution is 5.80. The number of nitrogens with one attached hydrogen (secondary N) is 1. The molecule has 0 aromatic carbocycles. The van der Waals surface area contributed by atoms with E-state index in [4.69, 9.17) is 5.41 Å². The van der Waals surface area contributed by atoms with Crippen molar-refractivity contribution < 1.29 is 0 Å². The second kappa shape index (κ2) is 3.59. The van der Waals surface area contributed by atoms with Gasteiger partial charge >= 0.3 is 0 Å². The molecule has 0 unspecified atom stereocenters. The predicted octanol–water partition coefficient (Wildman–Crippen LogP) is 1.86. The van der Waals surface area contributed by atoms with Crippen LogP contribution in [-0.2, 0) is 0 Å². The van der Waals surface area contributed by atoms with Gasteiger partial charge in [0.2, 0.25) is 0 Å². The summed E-state index contributed by atoms with van der Waals surface area (Å²) in [6.45, 7) is 4.42. The first kappa shape index (κ1) is 7.58. The molecule has 2 nitrogen and oxygen atoms in total. The lowest BCUT2D eigenvalue weighted by Crippen LogP contribution is -2.24. The van der Waals surface area contributed by atoms with Crippen LogP contribution in [0.1, 0.15) is 32.6 Å². The summed E-state index contributed by atoms with van der Waals surface area (Å²) in [6.07, 6.45) is 4.68. The van der Waals surface area contributed by atoms with Crippen molar-refractivity contribution in [1.82, 2.24) is 4.90 Å². The molecule has 1 aliphatic heterocycles. The summed E-state index contributed by atoms with van der Waals surface area (Å²) in [5, 5.41) is 7.51. The predicted molar refractivity (Wildman–Crippen MR) is 43.4 cm³/mol. The summed E-state index contributed by atoms with van der Waals surface area (Å²) in [4.78, 5) is 2.20. The van der Waals surface area contributed by atoms with Crippen LogP contribution in [-0.4, -0.2) is 23.8 Å². The zero-order chi connectivity index (χ0) is 7.40. The second-order valence-electron chi connectivity index (χ2n) is 2.89. The molecule has 0 amide bonds. The summed E-state index contributed by atoms with van der Waals surface area (Å²) in [7, 11) is 0. The Bertz CT molecular complexity index is 120. The van der Waals surface area contributed by atoms with Gasteiger partial charge in [-0.1, -0.05) is 13.3 Å². The van der Waals surface area contributed by atoms with Crippen molar-refractivity contribution in [1.29, 1.82) is 5.41 Å². The van der Waals surface area contributed by atoms with E-state index in [1.165, 1.54) is 19.3 Å². The van der Waals surface area contributed by atoms with E-state index in [1.807, 2.05) is 0 Å². The molecule has 0 aromatic heterocycles. The number of unbranched alkanes of at least 4 members (excludes halogenated alkanes) is 1. The standard InChI is InChI=1S/C8H16N2/c1-2-3-6-10-7-4-5-8(10)9/h9H,2-7H2,1H3. The summed E-state index contributed by atoms with van der Waals surface area (Å²) in [5.41, 5.74) is 0. The fraction of sp³-hybridized carbons (Fsp3) is 0.875. The molecular formula is C8H16N2. The van der Waals surface area contributed by atoms with Crippen LogP contribution in [0.3, 0.4) is 0 Å². The molecule has 0 atom stereocenters. The molecule has 1 aliphatic rings. The summed E-state index contributed by atoms with van der Waals surface area (Å²) < 4.78 is 0. The van der Waals surface area contributed by atoms with Crippen LogP contribution in [0.4, 0.5) is 0 Å². The van der Waals surface area contributed by atoms with Crippen molar-refractivity contribution >= 4 is 5.84 Å². The van der Waals surface area contributed by atoms with Crippen LogP contribution in [0.2, 0.25) is 0 Å². The van der Waals surface area contributed by atoms with E-state index in [0.29, 0.717) is 0 Å². The smallest absolute Gasteiger partial charge is 0.0958 e. The quantitative estimate of drug-likeness (QED) is 0.636. The zero-order valence-corrected chi connectivity index (χ0v) is 6.69. The minimum absolute atomic E-state index is 0.855. The van der Waals surface area contributed by atoms with Gasteiger partial charge in [0, 0.05) is 19.5 Å². The van der Waals surface area contributed by atoms with E-state index in [1.54, 1.807) is 0 Å². The van der Waals surface area contributed by atoms with Crippen molar-refractivity contribution in [3.05, 3.63) is 0 Å². The third-order valence-electron chi connectivity index (χ3n) is 2.00. The third-order valence-corrected chi connectivity index (χ3v) is 2.00. The molecule has 58 valence electrons. The van der Waals surface area contributed by atoms with E-state index in [2.05, 4.69) is 11.8 Å². The molecule has 0 bridgehead atoms. The average molecular weight is 140 g/mol. The number of nitrogens with zero attached hydrogens (tertiary/aromatic N) is 1. The van der Waals surface area contributed by atoms with E-state index in [0.717, 1.165) is 25.3 Å². The van der Waals surface area contributed by atoms with E-state index in [9.17, 15) is 0 Å². The molecule has 1 rings (SSSR count). The lowest BCUT2D eigenvalue weighted by Gasteiger charge is -2.16. The molecule has 0 radical (unpaired) electrons. The van der Waals surface area contributed by atoms with Gasteiger partial charge in [-0.15, -0.1) is 0 Å². The van der Waals surface area contributed by atoms with Crippen molar-refractivity contribution in [2.24, 2.45) is 0 Å². The molecule has 2 heteroatoms. The fourth-order valence-corrected chi connectivity index (χ4v) is 1.33. The van der Waals surface area contributed by atoms with E-state index in [-0.39, 0.29) is 0 Å². The van der Waals surface area contributed by atoms with Gasteiger partial charge in [0.15, 0.2) is 0 Å². The number of hydrogen-bond acceptors (Lipinski definition) is 1. The van der Waals surface area contributed by atoms with Gasteiger partial charge < -0.3 is 4.90 Å². The van der Waals surface area contributed by atoms with Gasteiger partial charge in [-0.25, -0.2) is 0 Å². The highest BCUT2D eigenvalue weighted by Crippen LogP contribution is 2.10. The average Bonchev–Trinajstić information content (AvgIpc) is 2.31. The maximum atomic E-state index is 7.51. The molecule has 0 saturated carbocycles. The Morgan fingerprint density at radius 3 is 2.90 bits per heavy atom. The Kier molecular flexibility index (Phi) is 2.72. The zero-order valence-electron chi connectivity index (χ0n) is 6.69. The maximum Gasteiger partial charge on any atom is 0.0958 e. The van der Waals surface area contributed by atoms with Crippen LogP contribution in [0.15, 0.2) is 0 Å². The SMILES string of the molecule is CCCCN1CCCC1=N. The highest BCUT2D eigenvalue weighted by atomic mass is 15.2. The Balaban J connectivity index is 2.20. The lowest BCUT2D eigenvalue weighted by atomic mass is 10.3. The summed E-state index contributed by atoms with van der Waals surface area (Å²) in [5.74, 6) is 0.855. The van der Waals surface area contributed by atoms with Crippen molar-refractivity contribution in [3.63, 3.8) is 0 Å². The van der Waals surface area contributed by atoms with Gasteiger partial charge in [-0.05, 0) is 12.8 Å². The minimum atomic E-state index is 0.855. The molecule has 1 fully saturated rings. The Morgan fingerprint density at radius 1 is 1.60 bits per heavy atom. The molecule has 1 heterocycles. The molecule has 0 aliphatic carbocycles. The van der Waals surface area contributed by atoms with Crippen LogP contribution >= 0.6 is 0 Å². The largest absolute Gasteiger partial charge is 0.361 e. The van der Waals surface area contributed by atoms with Crippen LogP contribution in [0, 0.1) is 5.41 Å². The number of likely N-dealkylation sites (tertiary alicyclic amines) is 1. The van der Waals surface area contributed by atoms with E-state index >= 15 is 0 Å². The number of hydrogen-bond donors (Lipinski definition) is 1. The first-order valence-corrected chi connectivity index (χ1v) is 4.17. The number of rotatable bonds is 3. The Hall–Kier alpha value is -0.530. The van der Waals surface area contributed by atoms with Gasteiger partial charge in [-0.3, -0.25) is 5.41 Å². The Morgan fingerprint density at radius 2 is 2.40 bits per heavy atom. The fourth-order valence-electron chi connectivity index (χ4n) is 1.33. The maximum absolute atomic E-state index is 7.51. The van der Waals surface area contributed by atoms with Crippen molar-refractivity contribution in [2.45, 2.75) is 32.6 Å². The van der Waals surface area contributed by atoms with Crippen LogP contribution in [0.25, 0.3) is 0 Å². The van der Waals surface area contributed by atoms with E-state index < -0.39 is 0 Å². The van der Waals surface area contributed by atoms with Gasteiger partial charge in [0.1, 0.15) is 0 Å². The van der Waals surface area contributed by atoms with Crippen LogP contribution < -0.4 is 0 Å². The van der Waals surface area contributed by atoms with Gasteiger partial charge in [0.25, 0.3) is 0 Å². The monoisotopic (exact) mass is 140 g/mol. The number of amidine groups is 1. The molecule has 0 aromatic rings. The third kappa shape index (κ3) is 1.72. The highest BCUT2D eigenvalue weighted by Gasteiger charge is 2.14. The molecule has 1 saturated heterocycles. The van der Waals surface area contributed by atoms with Crippen LogP contribution in [0.5, 0.6) is 0 Å².